The second-order valence-corrected chi connectivity index (χ2v) is 4.98. The van der Waals surface area contributed by atoms with Crippen LogP contribution in [0.3, 0.4) is 0 Å². The van der Waals surface area contributed by atoms with E-state index < -0.39 is 23.0 Å². The molecule has 0 aliphatic heterocycles. The summed E-state index contributed by atoms with van der Waals surface area (Å²) in [4.78, 5) is 11.6. The molecule has 0 heterocycles. The molecular weight excluding hydrogens is 240 g/mol. The molecule has 1 aromatic rings. The number of benzene rings is 1. The average Bonchev–Trinajstić information content (AvgIpc) is 2.32. The maximum Gasteiger partial charge on any atom is 0.224 e. The molecule has 3 nitrogen and oxygen atoms in total. The minimum absolute atomic E-state index is 0.0820. The summed E-state index contributed by atoms with van der Waals surface area (Å²) < 4.78 is 26.6. The highest BCUT2D eigenvalue weighted by Crippen LogP contribution is 2.14. The molecule has 0 fully saturated rings. The Morgan fingerprint density at radius 2 is 1.89 bits per heavy atom. The Morgan fingerprint density at radius 3 is 2.39 bits per heavy atom. The Labute approximate surface area is 105 Å². The van der Waals surface area contributed by atoms with Gasteiger partial charge in [0, 0.05) is 24.1 Å². The van der Waals surface area contributed by atoms with Crippen LogP contribution in [0, 0.1) is 17.0 Å². The molecule has 1 aromatic carbocycles. The number of carbonyl (C=O) groups is 1. The predicted octanol–water partition coefficient (Wildman–Crippen LogP) is 1.64. The van der Waals surface area contributed by atoms with Gasteiger partial charge < -0.3 is 10.4 Å². The highest BCUT2D eigenvalue weighted by atomic mass is 19.1. The van der Waals surface area contributed by atoms with Gasteiger partial charge in [-0.25, -0.2) is 8.78 Å². The van der Waals surface area contributed by atoms with Crippen LogP contribution < -0.4 is 5.32 Å². The van der Waals surface area contributed by atoms with Gasteiger partial charge in [0.05, 0.1) is 6.42 Å². The zero-order valence-electron chi connectivity index (χ0n) is 10.5. The van der Waals surface area contributed by atoms with Crippen molar-refractivity contribution < 1.29 is 18.7 Å². The lowest BCUT2D eigenvalue weighted by Crippen LogP contribution is -2.37. The van der Waals surface area contributed by atoms with Crippen LogP contribution in [0.1, 0.15) is 19.4 Å². The third kappa shape index (κ3) is 4.07. The molecule has 0 saturated heterocycles. The second kappa shape index (κ2) is 5.91. The summed E-state index contributed by atoms with van der Waals surface area (Å²) in [6.45, 7) is 3.72. The summed E-state index contributed by atoms with van der Waals surface area (Å²) >= 11 is 0. The first-order chi connectivity index (χ1) is 8.35. The quantitative estimate of drug-likeness (QED) is 0.842. The third-order valence-electron chi connectivity index (χ3n) is 2.59. The molecule has 0 aliphatic carbocycles. The summed E-state index contributed by atoms with van der Waals surface area (Å²) in [5, 5.41) is 11.6. The maximum absolute atomic E-state index is 13.3. The SMILES string of the molecule is CC(C)(CO)CNC(=O)Cc1c(F)cccc1F. The van der Waals surface area contributed by atoms with E-state index in [4.69, 9.17) is 5.11 Å². The number of aliphatic hydroxyl groups is 1. The number of carbonyl (C=O) groups excluding carboxylic acids is 1. The van der Waals surface area contributed by atoms with Crippen LogP contribution in [-0.4, -0.2) is 24.2 Å². The van der Waals surface area contributed by atoms with E-state index in [0.29, 0.717) is 0 Å². The lowest BCUT2D eigenvalue weighted by atomic mass is 9.95. The molecule has 100 valence electrons. The van der Waals surface area contributed by atoms with E-state index in [-0.39, 0.29) is 25.1 Å². The number of nitrogens with one attached hydrogen (secondary N) is 1. The van der Waals surface area contributed by atoms with Crippen molar-refractivity contribution in [1.82, 2.24) is 5.32 Å². The summed E-state index contributed by atoms with van der Waals surface area (Å²) in [6.07, 6.45) is -0.347. The highest BCUT2D eigenvalue weighted by molar-refractivity contribution is 5.78. The van der Waals surface area contributed by atoms with Gasteiger partial charge in [0.25, 0.3) is 0 Å². The molecular formula is C13H17F2NO2. The van der Waals surface area contributed by atoms with Gasteiger partial charge in [0.15, 0.2) is 0 Å². The van der Waals surface area contributed by atoms with Crippen molar-refractivity contribution in [2.45, 2.75) is 20.3 Å². The standard InChI is InChI=1S/C13H17F2NO2/c1-13(2,8-17)7-16-12(18)6-9-10(14)4-3-5-11(9)15/h3-5,17H,6-8H2,1-2H3,(H,16,18). The first kappa shape index (κ1) is 14.6. The van der Waals surface area contributed by atoms with Crippen LogP contribution in [-0.2, 0) is 11.2 Å². The average molecular weight is 257 g/mol. The number of rotatable bonds is 5. The van der Waals surface area contributed by atoms with E-state index in [1.54, 1.807) is 13.8 Å². The molecule has 0 saturated carbocycles. The Kier molecular flexibility index (Phi) is 4.78. The van der Waals surface area contributed by atoms with Crippen LogP contribution in [0.25, 0.3) is 0 Å². The highest BCUT2D eigenvalue weighted by Gasteiger charge is 2.19. The normalized spacial score (nSPS) is 11.4. The van der Waals surface area contributed by atoms with E-state index in [0.717, 1.165) is 12.1 Å². The van der Waals surface area contributed by atoms with Gasteiger partial charge in [-0.1, -0.05) is 19.9 Å². The molecule has 0 aliphatic rings. The van der Waals surface area contributed by atoms with Crippen molar-refractivity contribution in [2.24, 2.45) is 5.41 Å². The van der Waals surface area contributed by atoms with Crippen LogP contribution in [0.4, 0.5) is 8.78 Å². The Balaban J connectivity index is 2.61. The van der Waals surface area contributed by atoms with Crippen molar-refractivity contribution in [3.8, 4) is 0 Å². The van der Waals surface area contributed by atoms with Crippen LogP contribution in [0.15, 0.2) is 18.2 Å². The van der Waals surface area contributed by atoms with Crippen molar-refractivity contribution >= 4 is 5.91 Å². The van der Waals surface area contributed by atoms with E-state index >= 15 is 0 Å². The summed E-state index contributed by atoms with van der Waals surface area (Å²) in [5.41, 5.74) is -0.694. The van der Waals surface area contributed by atoms with Gasteiger partial charge >= 0.3 is 0 Å². The fraction of sp³-hybridized carbons (Fsp3) is 0.462. The topological polar surface area (TPSA) is 49.3 Å². The molecule has 0 bridgehead atoms. The zero-order valence-corrected chi connectivity index (χ0v) is 10.5. The molecule has 0 unspecified atom stereocenters. The zero-order chi connectivity index (χ0) is 13.8. The Morgan fingerprint density at radius 1 is 1.33 bits per heavy atom. The van der Waals surface area contributed by atoms with Crippen LogP contribution in [0.2, 0.25) is 0 Å². The minimum atomic E-state index is -0.730. The monoisotopic (exact) mass is 257 g/mol. The van der Waals surface area contributed by atoms with E-state index in [2.05, 4.69) is 5.32 Å². The Hall–Kier alpha value is -1.49. The molecule has 1 rings (SSSR count). The number of hydrogen-bond acceptors (Lipinski definition) is 2. The van der Waals surface area contributed by atoms with Gasteiger partial charge in [-0.3, -0.25) is 4.79 Å². The van der Waals surface area contributed by atoms with Gasteiger partial charge in [-0.15, -0.1) is 0 Å². The number of amides is 1. The number of hydrogen-bond donors (Lipinski definition) is 2. The van der Waals surface area contributed by atoms with Gasteiger partial charge in [0.1, 0.15) is 11.6 Å². The van der Waals surface area contributed by atoms with Crippen molar-refractivity contribution in [1.29, 1.82) is 0 Å². The smallest absolute Gasteiger partial charge is 0.224 e. The van der Waals surface area contributed by atoms with Crippen LogP contribution >= 0.6 is 0 Å². The predicted molar refractivity (Wildman–Crippen MR) is 63.9 cm³/mol. The van der Waals surface area contributed by atoms with Gasteiger partial charge in [0.2, 0.25) is 5.91 Å². The van der Waals surface area contributed by atoms with E-state index in [9.17, 15) is 13.6 Å². The minimum Gasteiger partial charge on any atom is -0.396 e. The molecule has 0 aromatic heterocycles. The molecule has 18 heavy (non-hydrogen) atoms. The van der Waals surface area contributed by atoms with Crippen molar-refractivity contribution in [3.05, 3.63) is 35.4 Å². The maximum atomic E-state index is 13.3. The molecule has 0 radical (unpaired) electrons. The van der Waals surface area contributed by atoms with Crippen molar-refractivity contribution in [3.63, 3.8) is 0 Å². The third-order valence-corrected chi connectivity index (χ3v) is 2.59. The summed E-state index contributed by atoms with van der Waals surface area (Å²) in [7, 11) is 0. The fourth-order valence-corrected chi connectivity index (χ4v) is 1.32. The second-order valence-electron chi connectivity index (χ2n) is 4.98. The molecule has 1 amide bonds. The lowest BCUT2D eigenvalue weighted by molar-refractivity contribution is -0.121. The van der Waals surface area contributed by atoms with E-state index in [1.807, 2.05) is 0 Å². The first-order valence-corrected chi connectivity index (χ1v) is 5.66. The number of halogens is 2. The summed E-state index contributed by atoms with van der Waals surface area (Å²) in [6, 6.07) is 3.48. The van der Waals surface area contributed by atoms with E-state index in [1.165, 1.54) is 6.07 Å². The Bertz CT molecular complexity index is 413. The fourth-order valence-electron chi connectivity index (χ4n) is 1.32. The largest absolute Gasteiger partial charge is 0.396 e. The molecule has 2 N–H and O–H groups in total. The molecule has 0 atom stereocenters. The number of aliphatic hydroxyl groups excluding tert-OH is 1. The first-order valence-electron chi connectivity index (χ1n) is 5.66. The van der Waals surface area contributed by atoms with Gasteiger partial charge in [-0.05, 0) is 12.1 Å². The van der Waals surface area contributed by atoms with Gasteiger partial charge in [-0.2, -0.15) is 0 Å². The molecule has 0 spiro atoms. The van der Waals surface area contributed by atoms with Crippen molar-refractivity contribution in [2.75, 3.05) is 13.2 Å². The van der Waals surface area contributed by atoms with Crippen LogP contribution in [0.5, 0.6) is 0 Å². The summed E-state index contributed by atoms with van der Waals surface area (Å²) in [5.74, 6) is -1.93. The molecule has 5 heteroatoms. The lowest BCUT2D eigenvalue weighted by Gasteiger charge is -2.21.